The number of fused-ring (bicyclic) bond motifs is 1. The molecule has 5 heteroatoms. The van der Waals surface area contributed by atoms with Crippen molar-refractivity contribution in [3.8, 4) is 0 Å². The van der Waals surface area contributed by atoms with Crippen LogP contribution >= 0.6 is 0 Å². The number of hydrogen-bond donors (Lipinski definition) is 1. The minimum Gasteiger partial charge on any atom is -0.353 e. The summed E-state index contributed by atoms with van der Waals surface area (Å²) in [6.07, 6.45) is 15.7. The van der Waals surface area contributed by atoms with E-state index in [9.17, 15) is 0 Å². The van der Waals surface area contributed by atoms with Gasteiger partial charge in [-0.05, 0) is 38.5 Å². The first kappa shape index (κ1) is 17.2. The molecule has 0 bridgehead atoms. The molecule has 4 rings (SSSR count). The van der Waals surface area contributed by atoms with Crippen LogP contribution in [0.1, 0.15) is 77.0 Å². The molecule has 2 aliphatic heterocycles. The fraction of sp³-hybridized carbons (Fsp3) is 0.900. The van der Waals surface area contributed by atoms with Crippen LogP contribution in [-0.2, 0) is 0 Å². The lowest BCUT2D eigenvalue weighted by Crippen LogP contribution is -2.59. The van der Waals surface area contributed by atoms with Crippen molar-refractivity contribution < 1.29 is 0 Å². The van der Waals surface area contributed by atoms with E-state index in [1.165, 1.54) is 83.0 Å². The molecule has 0 radical (unpaired) electrons. The van der Waals surface area contributed by atoms with Crippen molar-refractivity contribution in [2.75, 3.05) is 26.2 Å². The average Bonchev–Trinajstić information content (AvgIpc) is 2.69. The molecule has 1 N–H and O–H groups in total. The van der Waals surface area contributed by atoms with Crippen LogP contribution in [0.5, 0.6) is 0 Å². The fourth-order valence-corrected chi connectivity index (χ4v) is 4.83. The van der Waals surface area contributed by atoms with Gasteiger partial charge in [0.25, 0.3) is 0 Å². The van der Waals surface area contributed by atoms with Gasteiger partial charge in [0.1, 0.15) is 0 Å². The predicted molar refractivity (Wildman–Crippen MR) is 104 cm³/mol. The molecule has 0 aromatic heterocycles. The zero-order chi connectivity index (χ0) is 16.9. The van der Waals surface area contributed by atoms with E-state index in [4.69, 9.17) is 9.98 Å². The average molecular weight is 346 g/mol. The van der Waals surface area contributed by atoms with E-state index in [0.717, 1.165) is 32.1 Å². The molecule has 25 heavy (non-hydrogen) atoms. The zero-order valence-corrected chi connectivity index (χ0v) is 15.8. The summed E-state index contributed by atoms with van der Waals surface area (Å²) in [6.45, 7) is 4.37. The van der Waals surface area contributed by atoms with Crippen LogP contribution in [-0.4, -0.2) is 60.0 Å². The summed E-state index contributed by atoms with van der Waals surface area (Å²) in [4.78, 5) is 15.1. The fourth-order valence-electron chi connectivity index (χ4n) is 4.83. The number of rotatable bonds is 2. The molecule has 3 fully saturated rings. The Labute approximate surface area is 153 Å². The Kier molecular flexibility index (Phi) is 5.78. The van der Waals surface area contributed by atoms with Crippen molar-refractivity contribution >= 4 is 11.9 Å². The monoisotopic (exact) mass is 345 g/mol. The van der Waals surface area contributed by atoms with Gasteiger partial charge in [-0.1, -0.05) is 38.5 Å². The highest BCUT2D eigenvalue weighted by Crippen LogP contribution is 2.23. The van der Waals surface area contributed by atoms with E-state index in [1.807, 2.05) is 0 Å². The molecule has 0 atom stereocenters. The maximum absolute atomic E-state index is 5.27. The molecule has 5 nitrogen and oxygen atoms in total. The molecule has 1 saturated heterocycles. The molecule has 140 valence electrons. The Morgan fingerprint density at radius 3 is 2.36 bits per heavy atom. The largest absolute Gasteiger partial charge is 0.353 e. The summed E-state index contributed by atoms with van der Waals surface area (Å²) in [5.74, 6) is 2.33. The highest BCUT2D eigenvalue weighted by molar-refractivity contribution is 5.99. The second kappa shape index (κ2) is 8.41. The molecule has 2 aliphatic carbocycles. The quantitative estimate of drug-likeness (QED) is 0.616. The smallest absolute Gasteiger partial charge is 0.203 e. The zero-order valence-electron chi connectivity index (χ0n) is 15.8. The molecule has 0 unspecified atom stereocenters. The molecule has 0 spiro atoms. The first-order valence-corrected chi connectivity index (χ1v) is 10.8. The lowest BCUT2D eigenvalue weighted by atomic mass is 9.95. The Hall–Kier alpha value is -1.26. The lowest BCUT2D eigenvalue weighted by Gasteiger charge is -2.42. The van der Waals surface area contributed by atoms with Crippen molar-refractivity contribution in [3.63, 3.8) is 0 Å². The normalized spacial score (nSPS) is 27.0. The van der Waals surface area contributed by atoms with E-state index in [2.05, 4.69) is 15.1 Å². The van der Waals surface area contributed by atoms with Gasteiger partial charge in [-0.3, -0.25) is 9.89 Å². The van der Waals surface area contributed by atoms with Gasteiger partial charge in [0, 0.05) is 32.2 Å². The molecular weight excluding hydrogens is 310 g/mol. The van der Waals surface area contributed by atoms with Gasteiger partial charge in [0.2, 0.25) is 11.9 Å². The highest BCUT2D eigenvalue weighted by atomic mass is 15.5. The SMILES string of the molecule is C1CCC(/N=C(\NC2CCCCC2)N2CCCN3CCCN=C32)CC1. The Balaban J connectivity index is 1.54. The van der Waals surface area contributed by atoms with E-state index in [1.54, 1.807) is 0 Å². The first-order valence-electron chi connectivity index (χ1n) is 10.8. The molecular formula is C20H35N5. The topological polar surface area (TPSA) is 43.2 Å². The van der Waals surface area contributed by atoms with Gasteiger partial charge in [-0.15, -0.1) is 0 Å². The third-order valence-corrected chi connectivity index (χ3v) is 6.25. The minimum atomic E-state index is 0.513. The summed E-state index contributed by atoms with van der Waals surface area (Å²) in [5.41, 5.74) is 0. The Bertz CT molecular complexity index is 488. The van der Waals surface area contributed by atoms with Crippen molar-refractivity contribution in [2.24, 2.45) is 9.98 Å². The predicted octanol–water partition coefficient (Wildman–Crippen LogP) is 3.36. The van der Waals surface area contributed by atoms with Crippen LogP contribution in [0.4, 0.5) is 0 Å². The summed E-state index contributed by atoms with van der Waals surface area (Å²) >= 11 is 0. The second-order valence-electron chi connectivity index (χ2n) is 8.25. The van der Waals surface area contributed by atoms with Gasteiger partial charge in [-0.25, -0.2) is 4.99 Å². The van der Waals surface area contributed by atoms with Gasteiger partial charge >= 0.3 is 0 Å². The van der Waals surface area contributed by atoms with Crippen LogP contribution in [0.25, 0.3) is 0 Å². The summed E-state index contributed by atoms with van der Waals surface area (Å²) < 4.78 is 0. The Morgan fingerprint density at radius 2 is 1.56 bits per heavy atom. The second-order valence-corrected chi connectivity index (χ2v) is 8.25. The number of hydrogen-bond acceptors (Lipinski definition) is 3. The van der Waals surface area contributed by atoms with E-state index >= 15 is 0 Å². The van der Waals surface area contributed by atoms with Crippen molar-refractivity contribution in [2.45, 2.75) is 89.1 Å². The molecule has 2 saturated carbocycles. The molecule has 4 aliphatic rings. The lowest BCUT2D eigenvalue weighted by molar-refractivity contribution is 0.286. The first-order chi connectivity index (χ1) is 12.4. The van der Waals surface area contributed by atoms with E-state index in [0.29, 0.717) is 12.1 Å². The highest BCUT2D eigenvalue weighted by Gasteiger charge is 2.30. The summed E-state index contributed by atoms with van der Waals surface area (Å²) in [6, 6.07) is 1.12. The third-order valence-electron chi connectivity index (χ3n) is 6.25. The van der Waals surface area contributed by atoms with Crippen molar-refractivity contribution in [1.82, 2.24) is 15.1 Å². The standard InChI is InChI=1S/C20H35N5/c1-3-9-17(10-4-1)22-19(23-18-11-5-2-6-12-18)25-16-8-15-24-14-7-13-21-20(24)25/h17-18H,1-16H2,(H,22,23). The van der Waals surface area contributed by atoms with Crippen LogP contribution in [0.2, 0.25) is 0 Å². The Morgan fingerprint density at radius 1 is 0.840 bits per heavy atom. The van der Waals surface area contributed by atoms with Gasteiger partial charge < -0.3 is 10.2 Å². The summed E-state index contributed by atoms with van der Waals surface area (Å²) in [7, 11) is 0. The summed E-state index contributed by atoms with van der Waals surface area (Å²) in [5, 5.41) is 3.87. The van der Waals surface area contributed by atoms with Crippen molar-refractivity contribution in [3.05, 3.63) is 0 Å². The maximum atomic E-state index is 5.27. The number of aliphatic imine (C=N–C) groups is 2. The number of guanidine groups is 2. The van der Waals surface area contributed by atoms with E-state index in [-0.39, 0.29) is 0 Å². The molecule has 0 amide bonds. The third kappa shape index (κ3) is 4.29. The van der Waals surface area contributed by atoms with Crippen LogP contribution < -0.4 is 5.32 Å². The van der Waals surface area contributed by atoms with Crippen LogP contribution in [0.15, 0.2) is 9.98 Å². The molecule has 0 aromatic rings. The minimum absolute atomic E-state index is 0.513. The maximum Gasteiger partial charge on any atom is 0.203 e. The number of nitrogens with one attached hydrogen (secondary N) is 1. The van der Waals surface area contributed by atoms with Gasteiger partial charge in [-0.2, -0.15) is 0 Å². The molecule has 0 aromatic carbocycles. The van der Waals surface area contributed by atoms with Crippen LogP contribution in [0, 0.1) is 0 Å². The van der Waals surface area contributed by atoms with Crippen LogP contribution in [0.3, 0.4) is 0 Å². The van der Waals surface area contributed by atoms with Crippen molar-refractivity contribution in [1.29, 1.82) is 0 Å². The van der Waals surface area contributed by atoms with E-state index < -0.39 is 0 Å². The number of nitrogens with zero attached hydrogens (tertiary/aromatic N) is 4. The van der Waals surface area contributed by atoms with Gasteiger partial charge in [0.15, 0.2) is 0 Å². The molecule has 2 heterocycles. The van der Waals surface area contributed by atoms with Gasteiger partial charge in [0.05, 0.1) is 6.04 Å².